The van der Waals surface area contributed by atoms with Crippen LogP contribution in [-0.2, 0) is 6.42 Å². The van der Waals surface area contributed by atoms with Crippen molar-refractivity contribution in [2.45, 2.75) is 10.8 Å². The van der Waals surface area contributed by atoms with Crippen LogP contribution in [0, 0.1) is 0 Å². The van der Waals surface area contributed by atoms with Crippen LogP contribution in [0.15, 0.2) is 22.2 Å². The zero-order valence-electron chi connectivity index (χ0n) is 11.1. The van der Waals surface area contributed by atoms with Gasteiger partial charge in [0.25, 0.3) is 0 Å². The maximum absolute atomic E-state index is 4.48. The standard InChI is InChI=1S/C12H13N5S3/c1-17(5-3-8-13-4-6-19-8)11-9-10(14-7-15-11)16-12(18-2)20-9/h4,6-7H,3,5H2,1-2H3. The van der Waals surface area contributed by atoms with Crippen molar-refractivity contribution >= 4 is 50.6 Å². The van der Waals surface area contributed by atoms with Crippen LogP contribution >= 0.6 is 34.4 Å². The van der Waals surface area contributed by atoms with Gasteiger partial charge in [0.2, 0.25) is 0 Å². The highest BCUT2D eigenvalue weighted by Gasteiger charge is 2.13. The Morgan fingerprint density at radius 1 is 1.30 bits per heavy atom. The Bertz CT molecular complexity index is 694. The Morgan fingerprint density at radius 2 is 2.20 bits per heavy atom. The highest BCUT2D eigenvalue weighted by atomic mass is 32.2. The molecule has 0 fully saturated rings. The van der Waals surface area contributed by atoms with Gasteiger partial charge in [-0.25, -0.2) is 19.9 Å². The van der Waals surface area contributed by atoms with Gasteiger partial charge in [-0.15, -0.1) is 22.7 Å². The first-order valence-corrected chi connectivity index (χ1v) is 8.95. The summed E-state index contributed by atoms with van der Waals surface area (Å²) in [5, 5.41) is 3.16. The summed E-state index contributed by atoms with van der Waals surface area (Å²) in [4.78, 5) is 19.6. The third-order valence-electron chi connectivity index (χ3n) is 2.83. The Labute approximate surface area is 129 Å². The van der Waals surface area contributed by atoms with Gasteiger partial charge in [0.1, 0.15) is 11.0 Å². The second-order valence-corrected chi connectivity index (χ2v) is 7.16. The van der Waals surface area contributed by atoms with Crippen LogP contribution in [0.5, 0.6) is 0 Å². The van der Waals surface area contributed by atoms with Gasteiger partial charge in [-0.3, -0.25) is 0 Å². The lowest BCUT2D eigenvalue weighted by Crippen LogP contribution is -2.21. The summed E-state index contributed by atoms with van der Waals surface area (Å²) in [6.07, 6.45) is 6.38. The SMILES string of the molecule is CSc1nc2ncnc(N(C)CCc3nccs3)c2s1. The molecule has 3 heterocycles. The van der Waals surface area contributed by atoms with Gasteiger partial charge in [0.05, 0.1) is 5.01 Å². The molecule has 0 spiro atoms. The number of hydrogen-bond acceptors (Lipinski definition) is 8. The Kier molecular flexibility index (Phi) is 4.13. The molecule has 5 nitrogen and oxygen atoms in total. The molecule has 0 radical (unpaired) electrons. The quantitative estimate of drug-likeness (QED) is 0.673. The fourth-order valence-electron chi connectivity index (χ4n) is 1.83. The Morgan fingerprint density at radius 3 is 2.95 bits per heavy atom. The molecule has 0 bridgehead atoms. The minimum absolute atomic E-state index is 0.783. The minimum atomic E-state index is 0.783. The van der Waals surface area contributed by atoms with E-state index >= 15 is 0 Å². The van der Waals surface area contributed by atoms with E-state index in [9.17, 15) is 0 Å². The normalized spacial score (nSPS) is 11.1. The number of likely N-dealkylation sites (N-methyl/N-ethyl adjacent to an activating group) is 1. The third kappa shape index (κ3) is 2.77. The van der Waals surface area contributed by atoms with Gasteiger partial charge in [-0.05, 0) is 6.26 Å². The molecule has 0 saturated heterocycles. The summed E-state index contributed by atoms with van der Waals surface area (Å²) in [6, 6.07) is 0. The predicted molar refractivity (Wildman–Crippen MR) is 86.1 cm³/mol. The van der Waals surface area contributed by atoms with E-state index in [1.807, 2.05) is 24.9 Å². The fourth-order valence-corrected chi connectivity index (χ4v) is 3.99. The van der Waals surface area contributed by atoms with E-state index in [1.54, 1.807) is 40.8 Å². The average molecular weight is 323 g/mol. The van der Waals surface area contributed by atoms with Crippen molar-refractivity contribution in [2.75, 3.05) is 24.7 Å². The monoisotopic (exact) mass is 323 g/mol. The molecule has 0 amide bonds. The predicted octanol–water partition coefficient (Wildman–Crippen LogP) is 2.94. The van der Waals surface area contributed by atoms with Crippen LogP contribution in [0.2, 0.25) is 0 Å². The lowest BCUT2D eigenvalue weighted by molar-refractivity contribution is 0.856. The molecule has 0 aliphatic rings. The van der Waals surface area contributed by atoms with E-state index < -0.39 is 0 Å². The molecule has 0 aliphatic heterocycles. The van der Waals surface area contributed by atoms with Crippen molar-refractivity contribution < 1.29 is 0 Å². The van der Waals surface area contributed by atoms with Gasteiger partial charge >= 0.3 is 0 Å². The second kappa shape index (κ2) is 6.02. The molecule has 104 valence electrons. The van der Waals surface area contributed by atoms with Gasteiger partial charge in [-0.2, -0.15) is 0 Å². The molecule has 3 aromatic rings. The molecule has 20 heavy (non-hydrogen) atoms. The molecule has 0 saturated carbocycles. The van der Waals surface area contributed by atoms with Crippen molar-refractivity contribution in [3.8, 4) is 0 Å². The maximum atomic E-state index is 4.48. The van der Waals surface area contributed by atoms with E-state index in [0.717, 1.165) is 38.5 Å². The summed E-state index contributed by atoms with van der Waals surface area (Å²) in [5.41, 5.74) is 0.783. The number of anilines is 1. The zero-order valence-corrected chi connectivity index (χ0v) is 13.6. The van der Waals surface area contributed by atoms with Crippen LogP contribution in [0.25, 0.3) is 10.3 Å². The zero-order chi connectivity index (χ0) is 13.9. The first-order chi connectivity index (χ1) is 9.78. The van der Waals surface area contributed by atoms with Gasteiger partial charge in [-0.1, -0.05) is 11.8 Å². The molecular weight excluding hydrogens is 310 g/mol. The molecule has 3 aromatic heterocycles. The van der Waals surface area contributed by atoms with Crippen LogP contribution in [0.3, 0.4) is 0 Å². The van der Waals surface area contributed by atoms with E-state index in [0.29, 0.717) is 0 Å². The van der Waals surface area contributed by atoms with Crippen molar-refractivity contribution in [3.05, 3.63) is 22.9 Å². The smallest absolute Gasteiger partial charge is 0.176 e. The topological polar surface area (TPSA) is 54.8 Å². The van der Waals surface area contributed by atoms with Crippen molar-refractivity contribution in [2.24, 2.45) is 0 Å². The van der Waals surface area contributed by atoms with Crippen LogP contribution in [0.1, 0.15) is 5.01 Å². The summed E-state index contributed by atoms with van der Waals surface area (Å²) >= 11 is 4.97. The van der Waals surface area contributed by atoms with Crippen LogP contribution in [-0.4, -0.2) is 39.8 Å². The molecule has 0 aromatic carbocycles. The van der Waals surface area contributed by atoms with E-state index in [2.05, 4.69) is 24.8 Å². The minimum Gasteiger partial charge on any atom is -0.358 e. The summed E-state index contributed by atoms with van der Waals surface area (Å²) in [7, 11) is 2.05. The van der Waals surface area contributed by atoms with Gasteiger partial charge in [0.15, 0.2) is 15.8 Å². The number of thioether (sulfide) groups is 1. The fraction of sp³-hybridized carbons (Fsp3) is 0.333. The molecule has 8 heteroatoms. The molecule has 0 aliphatic carbocycles. The first kappa shape index (κ1) is 13.7. The van der Waals surface area contributed by atoms with Crippen molar-refractivity contribution in [1.29, 1.82) is 0 Å². The second-order valence-electron chi connectivity index (χ2n) is 4.13. The largest absolute Gasteiger partial charge is 0.358 e. The lowest BCUT2D eigenvalue weighted by atomic mass is 10.4. The number of nitrogens with zero attached hydrogens (tertiary/aromatic N) is 5. The number of thiazole rings is 2. The van der Waals surface area contributed by atoms with Gasteiger partial charge < -0.3 is 4.90 Å². The Hall–Kier alpha value is -1.25. The van der Waals surface area contributed by atoms with E-state index in [4.69, 9.17) is 0 Å². The summed E-state index contributed by atoms with van der Waals surface area (Å²) < 4.78 is 2.08. The highest BCUT2D eigenvalue weighted by Crippen LogP contribution is 2.32. The molecule has 3 rings (SSSR count). The van der Waals surface area contributed by atoms with E-state index in [-0.39, 0.29) is 0 Å². The molecule has 0 atom stereocenters. The third-order valence-corrected chi connectivity index (χ3v) is 5.70. The van der Waals surface area contributed by atoms with E-state index in [1.165, 1.54) is 0 Å². The molecule has 0 unspecified atom stereocenters. The lowest BCUT2D eigenvalue weighted by Gasteiger charge is -2.17. The number of aromatic nitrogens is 4. The Balaban J connectivity index is 1.83. The van der Waals surface area contributed by atoms with Crippen molar-refractivity contribution in [1.82, 2.24) is 19.9 Å². The summed E-state index contributed by atoms with van der Waals surface area (Å²) in [5.74, 6) is 0.948. The van der Waals surface area contributed by atoms with Crippen LogP contribution in [0.4, 0.5) is 5.82 Å². The van der Waals surface area contributed by atoms with Crippen molar-refractivity contribution in [3.63, 3.8) is 0 Å². The van der Waals surface area contributed by atoms with Crippen LogP contribution < -0.4 is 4.90 Å². The molecular formula is C12H13N5S3. The highest BCUT2D eigenvalue weighted by molar-refractivity contribution is 8.00. The average Bonchev–Trinajstić information content (AvgIpc) is 3.12. The molecule has 0 N–H and O–H groups in total. The first-order valence-electron chi connectivity index (χ1n) is 6.03. The summed E-state index contributed by atoms with van der Waals surface area (Å²) in [6.45, 7) is 0.881. The number of hydrogen-bond donors (Lipinski definition) is 0. The maximum Gasteiger partial charge on any atom is 0.176 e. The number of rotatable bonds is 5. The number of fused-ring (bicyclic) bond motifs is 1. The van der Waals surface area contributed by atoms with Gasteiger partial charge in [0, 0.05) is 31.6 Å².